The second-order valence-electron chi connectivity index (χ2n) is 5.23. The van der Waals surface area contributed by atoms with Gasteiger partial charge in [0.25, 0.3) is 10.2 Å². The molecular formula is C11H23N3O2S. The first-order valence-corrected chi connectivity index (χ1v) is 8.00. The van der Waals surface area contributed by atoms with E-state index in [-0.39, 0.29) is 0 Å². The molecule has 1 saturated heterocycles. The Labute approximate surface area is 104 Å². The highest BCUT2D eigenvalue weighted by Crippen LogP contribution is 2.18. The van der Waals surface area contributed by atoms with Gasteiger partial charge in [-0.3, -0.25) is 0 Å². The van der Waals surface area contributed by atoms with Gasteiger partial charge in [-0.15, -0.1) is 0 Å². The molecule has 1 heterocycles. The van der Waals surface area contributed by atoms with Gasteiger partial charge in [0.15, 0.2) is 0 Å². The van der Waals surface area contributed by atoms with E-state index in [9.17, 15) is 8.42 Å². The van der Waals surface area contributed by atoms with Gasteiger partial charge in [0.1, 0.15) is 0 Å². The third-order valence-electron chi connectivity index (χ3n) is 3.38. The predicted octanol–water partition coefficient (Wildman–Crippen LogP) is 0.305. The molecule has 0 aromatic rings. The lowest BCUT2D eigenvalue weighted by molar-refractivity contribution is 0.278. The summed E-state index contributed by atoms with van der Waals surface area (Å²) in [5.74, 6) is 0.477. The van der Waals surface area contributed by atoms with Gasteiger partial charge in [-0.25, -0.2) is 4.72 Å². The molecule has 0 aromatic carbocycles. The monoisotopic (exact) mass is 261 g/mol. The van der Waals surface area contributed by atoms with Crippen molar-refractivity contribution < 1.29 is 8.42 Å². The second-order valence-corrected chi connectivity index (χ2v) is 6.99. The second kappa shape index (κ2) is 5.65. The summed E-state index contributed by atoms with van der Waals surface area (Å²) < 4.78 is 28.2. The van der Waals surface area contributed by atoms with E-state index in [4.69, 9.17) is 0 Å². The third kappa shape index (κ3) is 4.21. The smallest absolute Gasteiger partial charge is 0.279 e. The molecule has 0 radical (unpaired) electrons. The van der Waals surface area contributed by atoms with Gasteiger partial charge in [0.2, 0.25) is 0 Å². The van der Waals surface area contributed by atoms with Crippen molar-refractivity contribution in [1.29, 1.82) is 0 Å². The van der Waals surface area contributed by atoms with E-state index in [1.165, 1.54) is 12.8 Å². The van der Waals surface area contributed by atoms with Crippen LogP contribution in [-0.4, -0.2) is 44.9 Å². The van der Waals surface area contributed by atoms with Crippen molar-refractivity contribution in [3.8, 4) is 0 Å². The van der Waals surface area contributed by atoms with Crippen LogP contribution in [-0.2, 0) is 10.2 Å². The first-order valence-electron chi connectivity index (χ1n) is 6.56. The summed E-state index contributed by atoms with van der Waals surface area (Å²) in [7, 11) is -3.25. The molecular weight excluding hydrogens is 238 g/mol. The Kier molecular flexibility index (Phi) is 4.41. The van der Waals surface area contributed by atoms with E-state index in [1.54, 1.807) is 4.31 Å². The zero-order valence-corrected chi connectivity index (χ0v) is 11.3. The molecule has 2 fully saturated rings. The summed E-state index contributed by atoms with van der Waals surface area (Å²) in [6.45, 7) is 4.65. The zero-order valence-electron chi connectivity index (χ0n) is 10.5. The van der Waals surface area contributed by atoms with Crippen molar-refractivity contribution in [3.63, 3.8) is 0 Å². The highest BCUT2D eigenvalue weighted by atomic mass is 32.2. The van der Waals surface area contributed by atoms with Crippen LogP contribution in [0.15, 0.2) is 0 Å². The van der Waals surface area contributed by atoms with Gasteiger partial charge in [0.05, 0.1) is 0 Å². The molecule has 100 valence electrons. The van der Waals surface area contributed by atoms with Crippen LogP contribution in [0.25, 0.3) is 0 Å². The van der Waals surface area contributed by atoms with E-state index in [0.29, 0.717) is 31.6 Å². The highest BCUT2D eigenvalue weighted by Gasteiger charge is 2.26. The third-order valence-corrected chi connectivity index (χ3v) is 4.96. The van der Waals surface area contributed by atoms with E-state index in [2.05, 4.69) is 17.0 Å². The van der Waals surface area contributed by atoms with Gasteiger partial charge < -0.3 is 5.32 Å². The standard InChI is InChI=1S/C11H23N3O2S/c1-10-3-2-8-14(9-10)17(15,16)13-7-6-12-11-4-5-11/h10-13H,2-9H2,1H3. The maximum absolute atomic E-state index is 12.0. The Balaban J connectivity index is 1.72. The number of hydrogen-bond donors (Lipinski definition) is 2. The summed E-state index contributed by atoms with van der Waals surface area (Å²) in [6.07, 6.45) is 4.57. The van der Waals surface area contributed by atoms with E-state index >= 15 is 0 Å². The number of nitrogens with one attached hydrogen (secondary N) is 2. The molecule has 0 bridgehead atoms. The van der Waals surface area contributed by atoms with Crippen LogP contribution >= 0.6 is 0 Å². The van der Waals surface area contributed by atoms with E-state index in [0.717, 1.165) is 19.4 Å². The van der Waals surface area contributed by atoms with Crippen molar-refractivity contribution in [2.75, 3.05) is 26.2 Å². The minimum Gasteiger partial charge on any atom is -0.313 e. The van der Waals surface area contributed by atoms with Crippen molar-refractivity contribution in [3.05, 3.63) is 0 Å². The quantitative estimate of drug-likeness (QED) is 0.676. The Morgan fingerprint density at radius 1 is 1.24 bits per heavy atom. The molecule has 0 aromatic heterocycles. The molecule has 17 heavy (non-hydrogen) atoms. The minimum atomic E-state index is -3.25. The van der Waals surface area contributed by atoms with E-state index in [1.807, 2.05) is 0 Å². The maximum Gasteiger partial charge on any atom is 0.279 e. The maximum atomic E-state index is 12.0. The Hall–Kier alpha value is -0.170. The molecule has 0 amide bonds. The number of rotatable bonds is 6. The van der Waals surface area contributed by atoms with Gasteiger partial charge in [-0.2, -0.15) is 12.7 Å². The zero-order chi connectivity index (χ0) is 12.3. The van der Waals surface area contributed by atoms with Crippen molar-refractivity contribution in [1.82, 2.24) is 14.3 Å². The molecule has 2 aliphatic rings. The fourth-order valence-electron chi connectivity index (χ4n) is 2.20. The van der Waals surface area contributed by atoms with Crippen LogP contribution in [0, 0.1) is 5.92 Å². The average molecular weight is 261 g/mol. The van der Waals surface area contributed by atoms with Crippen LogP contribution in [0.3, 0.4) is 0 Å². The van der Waals surface area contributed by atoms with Crippen LogP contribution in [0.1, 0.15) is 32.6 Å². The predicted molar refractivity (Wildman–Crippen MR) is 67.9 cm³/mol. The van der Waals surface area contributed by atoms with Gasteiger partial charge in [0, 0.05) is 32.2 Å². The first-order chi connectivity index (χ1) is 8.08. The fraction of sp³-hybridized carbons (Fsp3) is 1.00. The van der Waals surface area contributed by atoms with Crippen molar-refractivity contribution in [2.24, 2.45) is 5.92 Å². The topological polar surface area (TPSA) is 61.4 Å². The van der Waals surface area contributed by atoms with Crippen molar-refractivity contribution in [2.45, 2.75) is 38.6 Å². The molecule has 1 saturated carbocycles. The molecule has 0 spiro atoms. The van der Waals surface area contributed by atoms with Crippen LogP contribution in [0.4, 0.5) is 0 Å². The number of piperidine rings is 1. The first kappa shape index (κ1) is 13.3. The lowest BCUT2D eigenvalue weighted by Gasteiger charge is -2.29. The number of nitrogens with zero attached hydrogens (tertiary/aromatic N) is 1. The minimum absolute atomic E-state index is 0.477. The average Bonchev–Trinajstić information content (AvgIpc) is 3.08. The summed E-state index contributed by atoms with van der Waals surface area (Å²) in [5.41, 5.74) is 0. The van der Waals surface area contributed by atoms with Gasteiger partial charge in [-0.05, 0) is 31.6 Å². The summed E-state index contributed by atoms with van der Waals surface area (Å²) in [6, 6.07) is 0.634. The Morgan fingerprint density at radius 3 is 2.65 bits per heavy atom. The van der Waals surface area contributed by atoms with Gasteiger partial charge >= 0.3 is 0 Å². The normalized spacial score (nSPS) is 27.2. The molecule has 5 nitrogen and oxygen atoms in total. The highest BCUT2D eigenvalue weighted by molar-refractivity contribution is 7.87. The van der Waals surface area contributed by atoms with Gasteiger partial charge in [-0.1, -0.05) is 6.92 Å². The van der Waals surface area contributed by atoms with Crippen molar-refractivity contribution >= 4 is 10.2 Å². The summed E-state index contributed by atoms with van der Waals surface area (Å²) in [4.78, 5) is 0. The Morgan fingerprint density at radius 2 is 2.00 bits per heavy atom. The molecule has 1 unspecified atom stereocenters. The number of hydrogen-bond acceptors (Lipinski definition) is 3. The Bertz CT molecular complexity index is 341. The molecule has 1 atom stereocenters. The van der Waals surface area contributed by atoms with Crippen LogP contribution < -0.4 is 10.0 Å². The molecule has 1 aliphatic carbocycles. The fourth-order valence-corrected chi connectivity index (χ4v) is 3.56. The largest absolute Gasteiger partial charge is 0.313 e. The van der Waals surface area contributed by atoms with Crippen LogP contribution in [0.2, 0.25) is 0 Å². The SMILES string of the molecule is CC1CCCN(S(=O)(=O)NCCNC2CC2)C1. The molecule has 2 rings (SSSR count). The van der Waals surface area contributed by atoms with E-state index < -0.39 is 10.2 Å². The molecule has 2 N–H and O–H groups in total. The lowest BCUT2D eigenvalue weighted by Crippen LogP contribution is -2.47. The summed E-state index contributed by atoms with van der Waals surface area (Å²) in [5, 5.41) is 3.30. The lowest BCUT2D eigenvalue weighted by atomic mass is 10.0. The van der Waals surface area contributed by atoms with Crippen LogP contribution in [0.5, 0.6) is 0 Å². The molecule has 6 heteroatoms. The summed E-state index contributed by atoms with van der Waals surface area (Å²) >= 11 is 0. The molecule has 1 aliphatic heterocycles.